The molecule has 1 heterocycles. The molecular formula is C7H13N3O. The van der Waals surface area contributed by atoms with Gasteiger partial charge in [-0.1, -0.05) is 0 Å². The summed E-state index contributed by atoms with van der Waals surface area (Å²) in [5, 5.41) is 11.7. The highest BCUT2D eigenvalue weighted by Gasteiger charge is 1.98. The first kappa shape index (κ1) is 8.23. The third kappa shape index (κ3) is 2.03. The molecule has 0 bridgehead atoms. The molecular weight excluding hydrogens is 142 g/mol. The van der Waals surface area contributed by atoms with Crippen LogP contribution < -0.4 is 5.32 Å². The first-order valence-electron chi connectivity index (χ1n) is 3.64. The molecule has 0 aromatic carbocycles. The molecule has 0 aliphatic rings. The molecule has 62 valence electrons. The Labute approximate surface area is 65.9 Å². The van der Waals surface area contributed by atoms with Gasteiger partial charge in [0.05, 0.1) is 13.2 Å². The molecule has 0 saturated heterocycles. The van der Waals surface area contributed by atoms with Crippen molar-refractivity contribution in [1.82, 2.24) is 14.9 Å². The zero-order chi connectivity index (χ0) is 8.10. The third-order valence-electron chi connectivity index (χ3n) is 1.48. The van der Waals surface area contributed by atoms with Crippen molar-refractivity contribution in [2.24, 2.45) is 0 Å². The second-order valence-electron chi connectivity index (χ2n) is 2.29. The minimum absolute atomic E-state index is 0.160. The Morgan fingerprint density at radius 2 is 2.55 bits per heavy atom. The summed E-state index contributed by atoms with van der Waals surface area (Å²) in [4.78, 5) is 4.11. The minimum atomic E-state index is 0.160. The number of hydrogen-bond acceptors (Lipinski definition) is 3. The van der Waals surface area contributed by atoms with Gasteiger partial charge in [0, 0.05) is 18.9 Å². The Morgan fingerprint density at radius 3 is 3.18 bits per heavy atom. The highest BCUT2D eigenvalue weighted by atomic mass is 16.3. The van der Waals surface area contributed by atoms with Crippen molar-refractivity contribution in [1.29, 1.82) is 0 Å². The van der Waals surface area contributed by atoms with Gasteiger partial charge in [-0.2, -0.15) is 0 Å². The Morgan fingerprint density at radius 1 is 1.73 bits per heavy atom. The maximum absolute atomic E-state index is 8.66. The maximum atomic E-state index is 8.66. The van der Waals surface area contributed by atoms with Gasteiger partial charge >= 0.3 is 0 Å². The second-order valence-corrected chi connectivity index (χ2v) is 2.29. The molecule has 0 radical (unpaired) electrons. The summed E-state index contributed by atoms with van der Waals surface area (Å²) in [6.07, 6.45) is 3.60. The quantitative estimate of drug-likeness (QED) is 0.621. The third-order valence-corrected chi connectivity index (χ3v) is 1.48. The lowest BCUT2D eigenvalue weighted by Crippen LogP contribution is -2.13. The molecule has 1 aromatic rings. The normalized spacial score (nSPS) is 10.4. The molecule has 0 amide bonds. The molecule has 0 spiro atoms. The Hall–Kier alpha value is -0.870. The smallest absolute Gasteiger partial charge is 0.122 e. The van der Waals surface area contributed by atoms with Crippen molar-refractivity contribution in [3.8, 4) is 0 Å². The van der Waals surface area contributed by atoms with Crippen LogP contribution in [0.25, 0.3) is 0 Å². The lowest BCUT2D eigenvalue weighted by molar-refractivity contribution is 0.274. The summed E-state index contributed by atoms with van der Waals surface area (Å²) in [7, 11) is 1.87. The molecule has 0 unspecified atom stereocenters. The van der Waals surface area contributed by atoms with Crippen molar-refractivity contribution < 1.29 is 5.11 Å². The van der Waals surface area contributed by atoms with Crippen molar-refractivity contribution in [2.45, 2.75) is 13.1 Å². The zero-order valence-corrected chi connectivity index (χ0v) is 6.62. The summed E-state index contributed by atoms with van der Waals surface area (Å²) < 4.78 is 1.93. The van der Waals surface area contributed by atoms with Gasteiger partial charge in [0.2, 0.25) is 0 Å². The van der Waals surface area contributed by atoms with Crippen LogP contribution in [-0.4, -0.2) is 28.3 Å². The number of imidazole rings is 1. The fourth-order valence-electron chi connectivity index (χ4n) is 0.977. The van der Waals surface area contributed by atoms with E-state index >= 15 is 0 Å². The van der Waals surface area contributed by atoms with Gasteiger partial charge < -0.3 is 15.0 Å². The largest absolute Gasteiger partial charge is 0.395 e. The lowest BCUT2D eigenvalue weighted by Gasteiger charge is -2.03. The van der Waals surface area contributed by atoms with Gasteiger partial charge in [-0.3, -0.25) is 0 Å². The first-order valence-corrected chi connectivity index (χ1v) is 3.64. The summed E-state index contributed by atoms with van der Waals surface area (Å²) >= 11 is 0. The molecule has 1 aromatic heterocycles. The number of hydrogen-bond donors (Lipinski definition) is 2. The van der Waals surface area contributed by atoms with Crippen LogP contribution in [0.2, 0.25) is 0 Å². The van der Waals surface area contributed by atoms with Crippen LogP contribution in [0.1, 0.15) is 5.82 Å². The molecule has 0 atom stereocenters. The molecule has 0 saturated carbocycles. The van der Waals surface area contributed by atoms with Crippen molar-refractivity contribution in [3.63, 3.8) is 0 Å². The van der Waals surface area contributed by atoms with Crippen LogP contribution >= 0.6 is 0 Å². The van der Waals surface area contributed by atoms with E-state index < -0.39 is 0 Å². The van der Waals surface area contributed by atoms with Crippen LogP contribution in [0.15, 0.2) is 12.4 Å². The second kappa shape index (κ2) is 4.10. The van der Waals surface area contributed by atoms with Crippen molar-refractivity contribution >= 4 is 0 Å². The molecule has 4 heteroatoms. The summed E-state index contributed by atoms with van der Waals surface area (Å²) in [5.41, 5.74) is 0. The highest BCUT2D eigenvalue weighted by molar-refractivity contribution is 4.91. The Kier molecular flexibility index (Phi) is 3.07. The molecule has 2 N–H and O–H groups in total. The molecule has 11 heavy (non-hydrogen) atoms. The lowest BCUT2D eigenvalue weighted by atomic mass is 10.5. The van der Waals surface area contributed by atoms with Crippen molar-refractivity contribution in [2.75, 3.05) is 13.7 Å². The van der Waals surface area contributed by atoms with Crippen LogP contribution in [0.4, 0.5) is 0 Å². The minimum Gasteiger partial charge on any atom is -0.395 e. The maximum Gasteiger partial charge on any atom is 0.122 e. The van der Waals surface area contributed by atoms with E-state index in [1.165, 1.54) is 0 Å². The average molecular weight is 155 g/mol. The average Bonchev–Trinajstić information content (AvgIpc) is 2.39. The molecule has 4 nitrogen and oxygen atoms in total. The number of nitrogens with one attached hydrogen (secondary N) is 1. The van der Waals surface area contributed by atoms with E-state index in [0.29, 0.717) is 6.54 Å². The summed E-state index contributed by atoms with van der Waals surface area (Å²) in [5.74, 6) is 0.960. The summed E-state index contributed by atoms with van der Waals surface area (Å²) in [6.45, 7) is 1.52. The van der Waals surface area contributed by atoms with E-state index in [2.05, 4.69) is 10.3 Å². The van der Waals surface area contributed by atoms with Gasteiger partial charge in [-0.05, 0) is 7.05 Å². The van der Waals surface area contributed by atoms with Crippen LogP contribution in [0.5, 0.6) is 0 Å². The molecule has 0 fully saturated rings. The standard InChI is InChI=1S/C7H13N3O/c1-8-6-7-9-2-3-10(7)4-5-11/h2-3,8,11H,4-6H2,1H3. The van der Waals surface area contributed by atoms with E-state index in [1.807, 2.05) is 17.8 Å². The predicted molar refractivity (Wildman–Crippen MR) is 42.1 cm³/mol. The molecule has 0 aliphatic carbocycles. The van der Waals surface area contributed by atoms with E-state index in [-0.39, 0.29) is 6.61 Å². The number of aromatic nitrogens is 2. The fourth-order valence-corrected chi connectivity index (χ4v) is 0.977. The fraction of sp³-hybridized carbons (Fsp3) is 0.571. The Balaban J connectivity index is 2.62. The number of nitrogens with zero attached hydrogens (tertiary/aromatic N) is 2. The molecule has 1 rings (SSSR count). The Bertz CT molecular complexity index is 189. The van der Waals surface area contributed by atoms with E-state index in [1.54, 1.807) is 6.20 Å². The van der Waals surface area contributed by atoms with Crippen LogP contribution in [-0.2, 0) is 13.1 Å². The predicted octanol–water partition coefficient (Wildman–Crippen LogP) is -0.405. The van der Waals surface area contributed by atoms with Gasteiger partial charge in [-0.25, -0.2) is 4.98 Å². The van der Waals surface area contributed by atoms with Gasteiger partial charge in [0.25, 0.3) is 0 Å². The van der Waals surface area contributed by atoms with Crippen LogP contribution in [0, 0.1) is 0 Å². The summed E-state index contributed by atoms with van der Waals surface area (Å²) in [6, 6.07) is 0. The van der Waals surface area contributed by atoms with Gasteiger partial charge in [-0.15, -0.1) is 0 Å². The SMILES string of the molecule is CNCc1nccn1CCO. The van der Waals surface area contributed by atoms with Crippen LogP contribution in [0.3, 0.4) is 0 Å². The first-order chi connectivity index (χ1) is 5.38. The van der Waals surface area contributed by atoms with Crippen molar-refractivity contribution in [3.05, 3.63) is 18.2 Å². The number of rotatable bonds is 4. The van der Waals surface area contributed by atoms with E-state index in [4.69, 9.17) is 5.11 Å². The van der Waals surface area contributed by atoms with Gasteiger partial charge in [0.15, 0.2) is 0 Å². The van der Waals surface area contributed by atoms with Gasteiger partial charge in [0.1, 0.15) is 5.82 Å². The number of aliphatic hydroxyl groups excluding tert-OH is 1. The monoisotopic (exact) mass is 155 g/mol. The van der Waals surface area contributed by atoms with E-state index in [9.17, 15) is 0 Å². The number of aliphatic hydroxyl groups is 1. The highest BCUT2D eigenvalue weighted by Crippen LogP contribution is 1.95. The zero-order valence-electron chi connectivity index (χ0n) is 6.62. The molecule has 0 aliphatic heterocycles. The van der Waals surface area contributed by atoms with E-state index in [0.717, 1.165) is 12.4 Å². The topological polar surface area (TPSA) is 50.1 Å².